The van der Waals surface area contributed by atoms with Gasteiger partial charge < -0.3 is 9.47 Å². The molecule has 100 valence electrons. The van der Waals surface area contributed by atoms with Gasteiger partial charge in [0.1, 0.15) is 11.4 Å². The van der Waals surface area contributed by atoms with Gasteiger partial charge in [0.25, 0.3) is 0 Å². The van der Waals surface area contributed by atoms with Crippen LogP contribution in [0.1, 0.15) is 15.9 Å². The molecule has 0 aromatic carbocycles. The lowest BCUT2D eigenvalue weighted by atomic mass is 10.2. The van der Waals surface area contributed by atoms with E-state index in [-0.39, 0.29) is 0 Å². The zero-order valence-corrected chi connectivity index (χ0v) is 9.60. The molecule has 0 unspecified atom stereocenters. The maximum absolute atomic E-state index is 13.7. The minimum absolute atomic E-state index is 0.582. The van der Waals surface area contributed by atoms with E-state index in [1.807, 2.05) is 0 Å². The van der Waals surface area contributed by atoms with Crippen molar-refractivity contribution >= 4 is 17.6 Å². The van der Waals surface area contributed by atoms with E-state index in [4.69, 9.17) is 11.6 Å². The lowest BCUT2D eigenvalue weighted by Crippen LogP contribution is -2.20. The molecule has 1 aromatic heterocycles. The summed E-state index contributed by atoms with van der Waals surface area (Å²) in [6, 6.07) is 0. The largest absolute Gasteiger partial charge is 0.574 e. The van der Waals surface area contributed by atoms with Gasteiger partial charge in [0.15, 0.2) is 0 Å². The van der Waals surface area contributed by atoms with Gasteiger partial charge >= 0.3 is 12.3 Å². The third-order valence-electron chi connectivity index (χ3n) is 1.82. The zero-order chi connectivity index (χ0) is 13.9. The zero-order valence-electron chi connectivity index (χ0n) is 8.85. The van der Waals surface area contributed by atoms with Crippen LogP contribution in [-0.2, 0) is 10.6 Å². The van der Waals surface area contributed by atoms with Crippen LogP contribution in [0.4, 0.5) is 17.6 Å². The summed E-state index contributed by atoms with van der Waals surface area (Å²) in [5.41, 5.74) is -1.29. The SMILES string of the molecule is COC(=O)c1cnc(OC(F)(F)F)c(CCl)c1F. The normalized spacial score (nSPS) is 11.2. The molecule has 0 atom stereocenters. The second-order valence-electron chi connectivity index (χ2n) is 2.94. The first-order valence-corrected chi connectivity index (χ1v) is 4.91. The number of carbonyl (C=O) groups excluding carboxylic acids is 1. The first-order chi connectivity index (χ1) is 8.30. The Morgan fingerprint density at radius 1 is 1.50 bits per heavy atom. The van der Waals surface area contributed by atoms with E-state index in [1.54, 1.807) is 0 Å². The summed E-state index contributed by atoms with van der Waals surface area (Å²) in [6.07, 6.45) is -4.45. The summed E-state index contributed by atoms with van der Waals surface area (Å²) in [5, 5.41) is 0. The Morgan fingerprint density at radius 2 is 2.11 bits per heavy atom. The van der Waals surface area contributed by atoms with Gasteiger partial charge in [0.05, 0.1) is 18.6 Å². The van der Waals surface area contributed by atoms with E-state index in [1.165, 1.54) is 0 Å². The average molecular weight is 288 g/mol. The summed E-state index contributed by atoms with van der Waals surface area (Å²) in [4.78, 5) is 14.3. The monoisotopic (exact) mass is 287 g/mol. The van der Waals surface area contributed by atoms with Crippen LogP contribution in [0.25, 0.3) is 0 Å². The fourth-order valence-corrected chi connectivity index (χ4v) is 1.31. The molecule has 0 N–H and O–H groups in total. The molecule has 0 spiro atoms. The fourth-order valence-electron chi connectivity index (χ4n) is 1.08. The number of hydrogen-bond donors (Lipinski definition) is 0. The van der Waals surface area contributed by atoms with Gasteiger partial charge in [-0.3, -0.25) is 0 Å². The number of alkyl halides is 4. The molecule has 0 amide bonds. The van der Waals surface area contributed by atoms with Gasteiger partial charge in [-0.25, -0.2) is 14.2 Å². The summed E-state index contributed by atoms with van der Waals surface area (Å²) < 4.78 is 57.4. The molecule has 1 aromatic rings. The molecule has 1 rings (SSSR count). The van der Waals surface area contributed by atoms with Gasteiger partial charge in [0, 0.05) is 6.20 Å². The lowest BCUT2D eigenvalue weighted by molar-refractivity contribution is -0.276. The van der Waals surface area contributed by atoms with E-state index >= 15 is 0 Å². The first-order valence-electron chi connectivity index (χ1n) is 4.37. The molecule has 4 nitrogen and oxygen atoms in total. The third kappa shape index (κ3) is 3.22. The van der Waals surface area contributed by atoms with E-state index < -0.39 is 41.0 Å². The van der Waals surface area contributed by atoms with Crippen molar-refractivity contribution in [1.82, 2.24) is 4.98 Å². The molecule has 0 aliphatic rings. The first kappa shape index (κ1) is 14.5. The highest BCUT2D eigenvalue weighted by Crippen LogP contribution is 2.28. The standard InChI is InChI=1S/C9H6ClF4NO3/c1-17-8(16)5-3-15-7(18-9(12,13)14)4(2-10)6(5)11/h3H,2H2,1H3. The topological polar surface area (TPSA) is 48.4 Å². The minimum Gasteiger partial charge on any atom is -0.465 e. The highest BCUT2D eigenvalue weighted by atomic mass is 35.5. The molecule has 0 radical (unpaired) electrons. The van der Waals surface area contributed by atoms with Crippen LogP contribution < -0.4 is 4.74 Å². The number of aromatic nitrogens is 1. The van der Waals surface area contributed by atoms with Crippen LogP contribution in [0.5, 0.6) is 5.88 Å². The van der Waals surface area contributed by atoms with Crippen molar-refractivity contribution in [3.8, 4) is 5.88 Å². The molecule has 1 heterocycles. The Kier molecular flexibility index (Phi) is 4.33. The Morgan fingerprint density at radius 3 is 2.56 bits per heavy atom. The molecule has 0 aliphatic carbocycles. The van der Waals surface area contributed by atoms with E-state index in [0.717, 1.165) is 7.11 Å². The van der Waals surface area contributed by atoms with Gasteiger partial charge in [-0.05, 0) is 0 Å². The van der Waals surface area contributed by atoms with Crippen molar-refractivity contribution in [2.45, 2.75) is 12.2 Å². The second-order valence-corrected chi connectivity index (χ2v) is 3.21. The molecule has 0 saturated carbocycles. The van der Waals surface area contributed by atoms with Crippen LogP contribution in [0.2, 0.25) is 0 Å². The molecule has 9 heteroatoms. The number of esters is 1. The van der Waals surface area contributed by atoms with Crippen molar-refractivity contribution in [3.05, 3.63) is 23.1 Å². The molecular weight excluding hydrogens is 282 g/mol. The summed E-state index contributed by atoms with van der Waals surface area (Å²) in [7, 11) is 0.988. The van der Waals surface area contributed by atoms with Crippen LogP contribution in [-0.4, -0.2) is 24.4 Å². The van der Waals surface area contributed by atoms with Crippen molar-refractivity contribution in [2.24, 2.45) is 0 Å². The van der Waals surface area contributed by atoms with Crippen molar-refractivity contribution < 1.29 is 31.8 Å². The van der Waals surface area contributed by atoms with Crippen LogP contribution in [0.3, 0.4) is 0 Å². The van der Waals surface area contributed by atoms with Crippen LogP contribution in [0.15, 0.2) is 6.20 Å². The predicted molar refractivity (Wildman–Crippen MR) is 51.8 cm³/mol. The number of rotatable bonds is 3. The van der Waals surface area contributed by atoms with Crippen LogP contribution in [0, 0.1) is 5.82 Å². The number of nitrogens with zero attached hydrogens (tertiary/aromatic N) is 1. The average Bonchev–Trinajstić information content (AvgIpc) is 2.26. The van der Waals surface area contributed by atoms with Gasteiger partial charge in [-0.2, -0.15) is 0 Å². The van der Waals surface area contributed by atoms with Crippen LogP contribution >= 0.6 is 11.6 Å². The smallest absolute Gasteiger partial charge is 0.465 e. The molecule has 18 heavy (non-hydrogen) atoms. The molecule has 0 saturated heterocycles. The quantitative estimate of drug-likeness (QED) is 0.487. The Balaban J connectivity index is 3.25. The lowest BCUT2D eigenvalue weighted by Gasteiger charge is -2.12. The maximum atomic E-state index is 13.7. The van der Waals surface area contributed by atoms with Crippen molar-refractivity contribution in [1.29, 1.82) is 0 Å². The highest BCUT2D eigenvalue weighted by molar-refractivity contribution is 6.17. The molecule has 0 fully saturated rings. The number of carbonyl (C=O) groups is 1. The number of pyridine rings is 1. The predicted octanol–water partition coefficient (Wildman–Crippen LogP) is 2.64. The number of halogens is 5. The second kappa shape index (κ2) is 5.38. The summed E-state index contributed by atoms with van der Waals surface area (Å²) >= 11 is 5.31. The van der Waals surface area contributed by atoms with Crippen molar-refractivity contribution in [3.63, 3.8) is 0 Å². The Labute approximate surface area is 103 Å². The molecule has 0 aliphatic heterocycles. The Bertz CT molecular complexity index is 464. The third-order valence-corrected chi connectivity index (χ3v) is 2.09. The van der Waals surface area contributed by atoms with Gasteiger partial charge in [-0.15, -0.1) is 24.8 Å². The number of ether oxygens (including phenoxy) is 2. The van der Waals surface area contributed by atoms with E-state index in [2.05, 4.69) is 14.5 Å². The van der Waals surface area contributed by atoms with E-state index in [9.17, 15) is 22.4 Å². The van der Waals surface area contributed by atoms with Gasteiger partial charge in [0.2, 0.25) is 5.88 Å². The van der Waals surface area contributed by atoms with Gasteiger partial charge in [-0.1, -0.05) is 0 Å². The van der Waals surface area contributed by atoms with Crippen molar-refractivity contribution in [2.75, 3.05) is 7.11 Å². The number of hydrogen-bond acceptors (Lipinski definition) is 4. The minimum atomic E-state index is -5.03. The molecule has 0 bridgehead atoms. The Hall–Kier alpha value is -1.57. The molecular formula is C9H6ClF4NO3. The maximum Gasteiger partial charge on any atom is 0.574 e. The summed E-state index contributed by atoms with van der Waals surface area (Å²) in [5.74, 6) is -4.02. The fraction of sp³-hybridized carbons (Fsp3) is 0.333. The highest BCUT2D eigenvalue weighted by Gasteiger charge is 2.34. The number of methoxy groups -OCH3 is 1. The summed E-state index contributed by atoms with van der Waals surface area (Å²) in [6.45, 7) is 0. The van der Waals surface area contributed by atoms with E-state index in [0.29, 0.717) is 6.20 Å².